The first-order valence-electron chi connectivity index (χ1n) is 5.67. The maximum absolute atomic E-state index is 11.1. The molecular weight excluding hydrogens is 246 g/mol. The van der Waals surface area contributed by atoms with Gasteiger partial charge in [-0.1, -0.05) is 12.1 Å². The van der Waals surface area contributed by atoms with Crippen molar-refractivity contribution >= 4 is 5.97 Å². The normalized spacial score (nSPS) is 10.2. The fourth-order valence-electron chi connectivity index (χ4n) is 1.61. The highest BCUT2D eigenvalue weighted by atomic mass is 16.5. The zero-order valence-corrected chi connectivity index (χ0v) is 10.3. The molecule has 0 radical (unpaired) electrons. The number of rotatable bonds is 4. The Morgan fingerprint density at radius 2 is 2.16 bits per heavy atom. The number of benzene rings is 1. The van der Waals surface area contributed by atoms with Gasteiger partial charge >= 0.3 is 5.97 Å². The van der Waals surface area contributed by atoms with Gasteiger partial charge in [-0.15, -0.1) is 0 Å². The van der Waals surface area contributed by atoms with Crippen molar-refractivity contribution in [2.45, 2.75) is 13.5 Å². The lowest BCUT2D eigenvalue weighted by Gasteiger charge is -2.10. The number of aliphatic hydroxyl groups excluding tert-OH is 1. The first-order chi connectivity index (χ1) is 9.10. The molecule has 0 aliphatic carbocycles. The van der Waals surface area contributed by atoms with Gasteiger partial charge in [-0.3, -0.25) is 4.98 Å². The Hall–Kier alpha value is -2.40. The van der Waals surface area contributed by atoms with Crippen LogP contribution in [0, 0.1) is 6.92 Å². The van der Waals surface area contributed by atoms with Crippen molar-refractivity contribution in [1.29, 1.82) is 0 Å². The summed E-state index contributed by atoms with van der Waals surface area (Å²) >= 11 is 0. The molecule has 5 heteroatoms. The summed E-state index contributed by atoms with van der Waals surface area (Å²) < 4.78 is 5.56. The van der Waals surface area contributed by atoms with Crippen LogP contribution in [0.15, 0.2) is 36.5 Å². The zero-order chi connectivity index (χ0) is 13.8. The highest BCUT2D eigenvalue weighted by molar-refractivity contribution is 5.90. The maximum Gasteiger partial charge on any atom is 0.341 e. The minimum Gasteiger partial charge on any atom is -0.477 e. The van der Waals surface area contributed by atoms with Gasteiger partial charge < -0.3 is 14.9 Å². The molecule has 1 aromatic heterocycles. The molecule has 0 saturated carbocycles. The summed E-state index contributed by atoms with van der Waals surface area (Å²) in [5, 5.41) is 18.1. The Morgan fingerprint density at radius 1 is 1.37 bits per heavy atom. The lowest BCUT2D eigenvalue weighted by atomic mass is 10.2. The van der Waals surface area contributed by atoms with Gasteiger partial charge in [0.25, 0.3) is 0 Å². The molecule has 98 valence electrons. The van der Waals surface area contributed by atoms with Gasteiger partial charge in [-0.2, -0.15) is 0 Å². The molecule has 0 bridgehead atoms. The van der Waals surface area contributed by atoms with Crippen LogP contribution in [0.25, 0.3) is 0 Å². The summed E-state index contributed by atoms with van der Waals surface area (Å²) in [5.74, 6) is -0.393. The molecule has 0 fully saturated rings. The Kier molecular flexibility index (Phi) is 3.77. The number of carbonyl (C=O) groups is 1. The zero-order valence-electron chi connectivity index (χ0n) is 10.3. The fraction of sp³-hybridized carbons (Fsp3) is 0.143. The number of aromatic carboxylic acids is 1. The Balaban J connectivity index is 2.36. The van der Waals surface area contributed by atoms with E-state index in [0.29, 0.717) is 17.0 Å². The third-order valence-corrected chi connectivity index (χ3v) is 2.54. The summed E-state index contributed by atoms with van der Waals surface area (Å²) in [4.78, 5) is 15.0. The van der Waals surface area contributed by atoms with E-state index in [9.17, 15) is 4.79 Å². The number of pyridine rings is 1. The van der Waals surface area contributed by atoms with Crippen LogP contribution in [0.2, 0.25) is 0 Å². The van der Waals surface area contributed by atoms with E-state index in [2.05, 4.69) is 4.98 Å². The summed E-state index contributed by atoms with van der Waals surface area (Å²) in [5.41, 5.74) is 1.36. The molecule has 1 heterocycles. The van der Waals surface area contributed by atoms with Crippen molar-refractivity contribution in [3.63, 3.8) is 0 Å². The number of carboxylic acid groups (broad SMARTS) is 1. The number of aliphatic hydroxyl groups is 1. The van der Waals surface area contributed by atoms with Crippen LogP contribution in [0.4, 0.5) is 0 Å². The van der Waals surface area contributed by atoms with Gasteiger partial charge in [0.15, 0.2) is 0 Å². The third-order valence-electron chi connectivity index (χ3n) is 2.54. The number of hydrogen-bond donors (Lipinski definition) is 2. The minimum atomic E-state index is -1.10. The molecule has 0 aliphatic rings. The van der Waals surface area contributed by atoms with Crippen molar-refractivity contribution in [3.05, 3.63) is 53.3 Å². The van der Waals surface area contributed by atoms with Crippen LogP contribution in [0.1, 0.15) is 21.6 Å². The van der Waals surface area contributed by atoms with E-state index < -0.39 is 5.97 Å². The number of hydrogen-bond acceptors (Lipinski definition) is 4. The molecule has 0 unspecified atom stereocenters. The summed E-state index contributed by atoms with van der Waals surface area (Å²) in [7, 11) is 0. The maximum atomic E-state index is 11.1. The fourth-order valence-corrected chi connectivity index (χ4v) is 1.61. The second-order valence-electron chi connectivity index (χ2n) is 4.03. The predicted octanol–water partition coefficient (Wildman–Crippen LogP) is 2.37. The summed E-state index contributed by atoms with van der Waals surface area (Å²) in [6, 6.07) is 8.40. The Morgan fingerprint density at radius 3 is 2.84 bits per heavy atom. The predicted molar refractivity (Wildman–Crippen MR) is 68.4 cm³/mol. The quantitative estimate of drug-likeness (QED) is 0.881. The van der Waals surface area contributed by atoms with Gasteiger partial charge in [0.2, 0.25) is 0 Å². The first-order valence-corrected chi connectivity index (χ1v) is 5.67. The van der Waals surface area contributed by atoms with Crippen LogP contribution >= 0.6 is 0 Å². The smallest absolute Gasteiger partial charge is 0.341 e. The molecule has 2 N–H and O–H groups in total. The van der Waals surface area contributed by atoms with E-state index in [1.165, 1.54) is 6.20 Å². The van der Waals surface area contributed by atoms with Gasteiger partial charge in [-0.25, -0.2) is 4.79 Å². The van der Waals surface area contributed by atoms with Crippen LogP contribution in [-0.2, 0) is 6.61 Å². The van der Waals surface area contributed by atoms with Crippen molar-refractivity contribution in [2.24, 2.45) is 0 Å². The monoisotopic (exact) mass is 259 g/mol. The van der Waals surface area contributed by atoms with Gasteiger partial charge in [0.1, 0.15) is 17.1 Å². The summed E-state index contributed by atoms with van der Waals surface area (Å²) in [6.45, 7) is 1.65. The highest BCUT2D eigenvalue weighted by Gasteiger charge is 2.13. The van der Waals surface area contributed by atoms with Crippen LogP contribution in [0.3, 0.4) is 0 Å². The molecular formula is C14H13NO4. The first kappa shape index (κ1) is 13.0. The molecule has 0 spiro atoms. The third kappa shape index (κ3) is 3.08. The lowest BCUT2D eigenvalue weighted by Crippen LogP contribution is -2.02. The second-order valence-corrected chi connectivity index (χ2v) is 4.03. The highest BCUT2D eigenvalue weighted by Crippen LogP contribution is 2.26. The topological polar surface area (TPSA) is 79.7 Å². The number of carboxylic acids is 1. The molecule has 1 aromatic carbocycles. The lowest BCUT2D eigenvalue weighted by molar-refractivity contribution is 0.0693. The second kappa shape index (κ2) is 5.49. The van der Waals surface area contributed by atoms with Crippen molar-refractivity contribution in [1.82, 2.24) is 4.98 Å². The van der Waals surface area contributed by atoms with E-state index in [1.807, 2.05) is 0 Å². The molecule has 0 aliphatic heterocycles. The van der Waals surface area contributed by atoms with Crippen LogP contribution in [0.5, 0.6) is 11.5 Å². The van der Waals surface area contributed by atoms with E-state index in [0.717, 1.165) is 0 Å². The van der Waals surface area contributed by atoms with Crippen LogP contribution in [-0.4, -0.2) is 21.2 Å². The SMILES string of the molecule is Cc1cc(Oc2cccc(CO)c2)c(C(=O)O)cn1. The average molecular weight is 259 g/mol. The van der Waals surface area contributed by atoms with Gasteiger partial charge in [0.05, 0.1) is 6.61 Å². The van der Waals surface area contributed by atoms with Gasteiger partial charge in [-0.05, 0) is 24.6 Å². The van der Waals surface area contributed by atoms with Crippen molar-refractivity contribution in [3.8, 4) is 11.5 Å². The standard InChI is InChI=1S/C14H13NO4/c1-9-5-13(12(7-15-9)14(17)18)19-11-4-2-3-10(6-11)8-16/h2-7,16H,8H2,1H3,(H,17,18). The molecule has 0 amide bonds. The average Bonchev–Trinajstić information content (AvgIpc) is 2.38. The van der Waals surface area contributed by atoms with E-state index in [-0.39, 0.29) is 17.9 Å². The van der Waals surface area contributed by atoms with E-state index in [1.54, 1.807) is 37.3 Å². The number of aryl methyl sites for hydroxylation is 1. The molecule has 0 atom stereocenters. The molecule has 2 rings (SSSR count). The number of nitrogens with zero attached hydrogens (tertiary/aromatic N) is 1. The Labute approximate surface area is 110 Å². The summed E-state index contributed by atoms with van der Waals surface area (Å²) in [6.07, 6.45) is 1.27. The van der Waals surface area contributed by atoms with E-state index >= 15 is 0 Å². The van der Waals surface area contributed by atoms with E-state index in [4.69, 9.17) is 14.9 Å². The largest absolute Gasteiger partial charge is 0.477 e. The number of aromatic nitrogens is 1. The van der Waals surface area contributed by atoms with Crippen molar-refractivity contribution < 1.29 is 19.7 Å². The van der Waals surface area contributed by atoms with Gasteiger partial charge in [0, 0.05) is 18.0 Å². The molecule has 5 nitrogen and oxygen atoms in total. The van der Waals surface area contributed by atoms with Crippen LogP contribution < -0.4 is 4.74 Å². The minimum absolute atomic E-state index is 0.00000142. The Bertz CT molecular complexity index is 610. The molecule has 0 saturated heterocycles. The number of ether oxygens (including phenoxy) is 1. The molecule has 2 aromatic rings. The van der Waals surface area contributed by atoms with Crippen molar-refractivity contribution in [2.75, 3.05) is 0 Å². The molecule has 19 heavy (non-hydrogen) atoms.